The highest BCUT2D eigenvalue weighted by atomic mass is 16.6. The van der Waals surface area contributed by atoms with Gasteiger partial charge in [-0.1, -0.05) is 53.2 Å². The van der Waals surface area contributed by atoms with Crippen LogP contribution in [0.25, 0.3) is 11.3 Å². The van der Waals surface area contributed by atoms with Crippen LogP contribution in [0.4, 0.5) is 0 Å². The number of carbonyl (C=O) groups excluding carboxylic acids is 1. The van der Waals surface area contributed by atoms with Gasteiger partial charge >= 0.3 is 5.97 Å². The predicted molar refractivity (Wildman–Crippen MR) is 93.0 cm³/mol. The molecule has 25 heavy (non-hydrogen) atoms. The van der Waals surface area contributed by atoms with Crippen LogP contribution < -0.4 is 4.74 Å². The van der Waals surface area contributed by atoms with E-state index in [0.29, 0.717) is 17.2 Å². The smallest absolute Gasteiger partial charge is 0.347 e. The lowest BCUT2D eigenvalue weighted by atomic mass is 10.1. The van der Waals surface area contributed by atoms with E-state index in [1.807, 2.05) is 49.4 Å². The third-order valence-corrected chi connectivity index (χ3v) is 3.65. The summed E-state index contributed by atoms with van der Waals surface area (Å²) < 4.78 is 16.1. The Morgan fingerprint density at radius 2 is 1.84 bits per heavy atom. The molecule has 0 aliphatic heterocycles. The third-order valence-electron chi connectivity index (χ3n) is 3.65. The van der Waals surface area contributed by atoms with Crippen LogP contribution in [0.15, 0.2) is 65.2 Å². The zero-order chi connectivity index (χ0) is 17.6. The predicted octanol–water partition coefficient (Wildman–Crippen LogP) is 4.16. The van der Waals surface area contributed by atoms with Gasteiger partial charge in [-0.15, -0.1) is 0 Å². The Morgan fingerprint density at radius 1 is 1.12 bits per heavy atom. The Kier molecular flexibility index (Phi) is 5.14. The second kappa shape index (κ2) is 7.66. The number of rotatable bonds is 6. The van der Waals surface area contributed by atoms with Crippen molar-refractivity contribution in [3.05, 3.63) is 71.9 Å². The SMILES string of the molecule is Cc1ccc(-c2cc(COC(=O)C(C)Oc3ccccc3)no2)cc1. The fourth-order valence-corrected chi connectivity index (χ4v) is 2.25. The highest BCUT2D eigenvalue weighted by Gasteiger charge is 2.17. The topological polar surface area (TPSA) is 61.6 Å². The molecule has 0 spiro atoms. The number of hydrogen-bond acceptors (Lipinski definition) is 5. The van der Waals surface area contributed by atoms with Gasteiger partial charge in [-0.25, -0.2) is 4.79 Å². The highest BCUT2D eigenvalue weighted by Crippen LogP contribution is 2.21. The largest absolute Gasteiger partial charge is 0.479 e. The maximum Gasteiger partial charge on any atom is 0.347 e. The maximum atomic E-state index is 12.0. The summed E-state index contributed by atoms with van der Waals surface area (Å²) in [6, 6.07) is 18.8. The van der Waals surface area contributed by atoms with Crippen LogP contribution in [0.1, 0.15) is 18.2 Å². The lowest BCUT2D eigenvalue weighted by Gasteiger charge is -2.13. The number of hydrogen-bond donors (Lipinski definition) is 0. The van der Waals surface area contributed by atoms with Crippen molar-refractivity contribution in [2.75, 3.05) is 0 Å². The summed E-state index contributed by atoms with van der Waals surface area (Å²) in [5, 5.41) is 3.94. The van der Waals surface area contributed by atoms with Crippen molar-refractivity contribution in [2.24, 2.45) is 0 Å². The number of esters is 1. The average molecular weight is 337 g/mol. The molecule has 3 aromatic rings. The van der Waals surface area contributed by atoms with E-state index in [-0.39, 0.29) is 6.61 Å². The fraction of sp³-hybridized carbons (Fsp3) is 0.200. The van der Waals surface area contributed by atoms with Crippen LogP contribution in [0.2, 0.25) is 0 Å². The zero-order valence-electron chi connectivity index (χ0n) is 14.1. The summed E-state index contributed by atoms with van der Waals surface area (Å²) in [6.07, 6.45) is -0.703. The number of ether oxygens (including phenoxy) is 2. The molecule has 0 fully saturated rings. The third kappa shape index (κ3) is 4.47. The quantitative estimate of drug-likeness (QED) is 0.632. The zero-order valence-corrected chi connectivity index (χ0v) is 14.1. The van der Waals surface area contributed by atoms with Crippen molar-refractivity contribution in [2.45, 2.75) is 26.6 Å². The first-order chi connectivity index (χ1) is 12.1. The van der Waals surface area contributed by atoms with E-state index in [4.69, 9.17) is 14.0 Å². The van der Waals surface area contributed by atoms with Crippen LogP contribution in [-0.2, 0) is 16.1 Å². The summed E-state index contributed by atoms with van der Waals surface area (Å²) >= 11 is 0. The molecule has 2 aromatic carbocycles. The minimum absolute atomic E-state index is 0.0384. The second-order valence-electron chi connectivity index (χ2n) is 5.73. The van der Waals surface area contributed by atoms with Gasteiger partial charge in [0.2, 0.25) is 0 Å². The molecule has 3 rings (SSSR count). The summed E-state index contributed by atoms with van der Waals surface area (Å²) in [7, 11) is 0. The summed E-state index contributed by atoms with van der Waals surface area (Å²) in [5.74, 6) is 0.804. The molecule has 1 heterocycles. The van der Waals surface area contributed by atoms with Crippen LogP contribution in [0.3, 0.4) is 0 Å². The molecule has 0 aliphatic rings. The molecule has 0 N–H and O–H groups in total. The molecule has 0 amide bonds. The molecular formula is C20H19NO4. The molecular weight excluding hydrogens is 318 g/mol. The van der Waals surface area contributed by atoms with Crippen LogP contribution in [0, 0.1) is 6.92 Å². The number of benzene rings is 2. The number of aromatic nitrogens is 1. The van der Waals surface area contributed by atoms with E-state index < -0.39 is 12.1 Å². The van der Waals surface area contributed by atoms with E-state index in [0.717, 1.165) is 5.56 Å². The van der Waals surface area contributed by atoms with E-state index in [9.17, 15) is 4.79 Å². The van der Waals surface area contributed by atoms with E-state index in [1.54, 1.807) is 25.1 Å². The molecule has 0 bridgehead atoms. The molecule has 1 unspecified atom stereocenters. The first-order valence-corrected chi connectivity index (χ1v) is 8.03. The van der Waals surface area contributed by atoms with Gasteiger partial charge in [0.15, 0.2) is 11.9 Å². The molecule has 1 atom stereocenters. The standard InChI is InChI=1S/C20H19NO4/c1-14-8-10-16(11-9-14)19-12-17(21-25-19)13-23-20(22)15(2)24-18-6-4-3-5-7-18/h3-12,15H,13H2,1-2H3. The van der Waals surface area contributed by atoms with Crippen molar-refractivity contribution in [3.63, 3.8) is 0 Å². The molecule has 0 aliphatic carbocycles. The lowest BCUT2D eigenvalue weighted by molar-refractivity contribution is -0.152. The van der Waals surface area contributed by atoms with Gasteiger partial charge in [0.25, 0.3) is 0 Å². The van der Waals surface area contributed by atoms with Gasteiger partial charge in [0.05, 0.1) is 0 Å². The Bertz CT molecular complexity index is 824. The maximum absolute atomic E-state index is 12.0. The van der Waals surface area contributed by atoms with Crippen LogP contribution >= 0.6 is 0 Å². The van der Waals surface area contributed by atoms with Crippen molar-refractivity contribution in [3.8, 4) is 17.1 Å². The number of para-hydroxylation sites is 1. The Hall–Kier alpha value is -3.08. The molecule has 1 aromatic heterocycles. The Morgan fingerprint density at radius 3 is 2.56 bits per heavy atom. The van der Waals surface area contributed by atoms with Gasteiger partial charge in [0, 0.05) is 11.6 Å². The number of aryl methyl sites for hydroxylation is 1. The minimum atomic E-state index is -0.703. The van der Waals surface area contributed by atoms with Crippen LogP contribution in [0.5, 0.6) is 5.75 Å². The molecule has 0 radical (unpaired) electrons. The van der Waals surface area contributed by atoms with Gasteiger partial charge in [-0.05, 0) is 26.0 Å². The molecule has 5 heteroatoms. The number of carbonyl (C=O) groups is 1. The van der Waals surface area contributed by atoms with Crippen LogP contribution in [-0.4, -0.2) is 17.2 Å². The van der Waals surface area contributed by atoms with Crippen molar-refractivity contribution in [1.29, 1.82) is 0 Å². The fourth-order valence-electron chi connectivity index (χ4n) is 2.25. The molecule has 128 valence electrons. The van der Waals surface area contributed by atoms with Gasteiger partial charge in [0.1, 0.15) is 18.1 Å². The van der Waals surface area contributed by atoms with Crippen molar-refractivity contribution in [1.82, 2.24) is 5.16 Å². The van der Waals surface area contributed by atoms with Gasteiger partial charge < -0.3 is 14.0 Å². The monoisotopic (exact) mass is 337 g/mol. The normalized spacial score (nSPS) is 11.8. The van der Waals surface area contributed by atoms with E-state index >= 15 is 0 Å². The Labute approximate surface area is 146 Å². The summed E-state index contributed by atoms with van der Waals surface area (Å²) in [4.78, 5) is 12.0. The average Bonchev–Trinajstić information content (AvgIpc) is 3.10. The Balaban J connectivity index is 1.54. The second-order valence-corrected chi connectivity index (χ2v) is 5.73. The molecule has 0 saturated carbocycles. The highest BCUT2D eigenvalue weighted by molar-refractivity contribution is 5.74. The first-order valence-electron chi connectivity index (χ1n) is 8.03. The minimum Gasteiger partial charge on any atom is -0.479 e. The van der Waals surface area contributed by atoms with Crippen molar-refractivity contribution < 1.29 is 18.8 Å². The van der Waals surface area contributed by atoms with E-state index in [2.05, 4.69) is 5.16 Å². The van der Waals surface area contributed by atoms with Gasteiger partial charge in [-0.3, -0.25) is 0 Å². The van der Waals surface area contributed by atoms with Crippen molar-refractivity contribution >= 4 is 5.97 Å². The first kappa shape index (κ1) is 16.8. The summed E-state index contributed by atoms with van der Waals surface area (Å²) in [6.45, 7) is 3.71. The van der Waals surface area contributed by atoms with E-state index in [1.165, 1.54) is 5.56 Å². The van der Waals surface area contributed by atoms with Gasteiger partial charge in [-0.2, -0.15) is 0 Å². The lowest BCUT2D eigenvalue weighted by Crippen LogP contribution is -2.26. The molecule has 0 saturated heterocycles. The summed E-state index contributed by atoms with van der Waals surface area (Å²) in [5.41, 5.74) is 2.65. The molecule has 5 nitrogen and oxygen atoms in total. The number of nitrogens with zero attached hydrogens (tertiary/aromatic N) is 1.